The highest BCUT2D eigenvalue weighted by Gasteiger charge is 2.20. The third-order valence-corrected chi connectivity index (χ3v) is 6.75. The van der Waals surface area contributed by atoms with E-state index >= 15 is 0 Å². The quantitative estimate of drug-likeness (QED) is 0.152. The Kier molecular flexibility index (Phi) is 15.6. The Morgan fingerprint density at radius 3 is 1.85 bits per heavy atom. The number of halogens is 1. The molecule has 236 valence electrons. The first-order chi connectivity index (χ1) is 17.6. The van der Waals surface area contributed by atoms with Gasteiger partial charge >= 0.3 is 0 Å². The summed E-state index contributed by atoms with van der Waals surface area (Å²) in [6.45, 7) is 5.58. The molecule has 2 aliphatic rings. The van der Waals surface area contributed by atoms with Crippen LogP contribution in [0.5, 0.6) is 5.75 Å². The van der Waals surface area contributed by atoms with Crippen LogP contribution in [0, 0.1) is 6.92 Å². The van der Waals surface area contributed by atoms with Crippen molar-refractivity contribution in [3.05, 3.63) is 53.6 Å². The normalized spacial score (nSPS) is 14.1. The van der Waals surface area contributed by atoms with Gasteiger partial charge in [-0.1, -0.05) is 18.2 Å². The average molecular weight is 600 g/mol. The molecule has 2 fully saturated rings. The van der Waals surface area contributed by atoms with Gasteiger partial charge in [0.05, 0.1) is 5.56 Å². The van der Waals surface area contributed by atoms with Crippen LogP contribution in [0.25, 0.3) is 0 Å². The van der Waals surface area contributed by atoms with Crippen molar-refractivity contribution in [2.75, 3.05) is 46.6 Å². The molecule has 5 rings (SSSR count). The second kappa shape index (κ2) is 17.1. The van der Waals surface area contributed by atoms with Crippen molar-refractivity contribution in [3.63, 3.8) is 0 Å². The highest BCUT2D eigenvalue weighted by Crippen LogP contribution is 2.26. The van der Waals surface area contributed by atoms with Crippen molar-refractivity contribution in [1.29, 1.82) is 0 Å². The number of aromatic nitrogens is 3. The number of para-hydroxylation sites is 1. The fraction of sp³-hybridized carbons (Fsp3) is 0.407. The zero-order valence-electron chi connectivity index (χ0n) is 23.9. The number of carbonyl (C=O) groups excluding carboxylic acids is 1. The third kappa shape index (κ3) is 9.13. The van der Waals surface area contributed by atoms with Gasteiger partial charge in [0.2, 0.25) is 17.8 Å². The molecule has 15 N–H and O–H groups in total. The highest BCUT2D eigenvalue weighted by molar-refractivity contribution is 6.06. The second-order valence-corrected chi connectivity index (χ2v) is 9.49. The van der Waals surface area contributed by atoms with Crippen molar-refractivity contribution in [3.8, 4) is 5.75 Å². The molecule has 13 nitrogen and oxygen atoms in total. The lowest BCUT2D eigenvalue weighted by Gasteiger charge is -2.30. The molecular weight excluding hydrogens is 546 g/mol. The lowest BCUT2D eigenvalue weighted by atomic mass is 10.1. The molecule has 2 saturated heterocycles. The average Bonchev–Trinajstić information content (AvgIpc) is 2.91. The summed E-state index contributed by atoms with van der Waals surface area (Å²) in [6, 6.07) is 12.5. The number of anilines is 5. The number of nitrogens with one attached hydrogen (secondary N) is 2. The summed E-state index contributed by atoms with van der Waals surface area (Å²) in [6.07, 6.45) is 7.06. The molecule has 0 bridgehead atoms. The van der Waals surface area contributed by atoms with E-state index in [2.05, 4.69) is 20.4 Å². The number of aryl methyl sites for hydroxylation is 1. The number of phenolic OH excluding ortho intramolecular Hbond substituents is 1. The van der Waals surface area contributed by atoms with E-state index in [1.807, 2.05) is 24.3 Å². The standard InChI is InChI=1S/C27H33N7O2.ClH.4H3N.4H2/c1-19-10-8-13-22(23(19)35)24(36)28-20-11-9-12-21(18-20)29-25-30-26(33-14-4-2-5-15-33)32-27(31-25)34-16-6-3-7-17-34;;;;;;;;;/h8-13,18,35H,2-7,14-17H2,1H3,(H,28,36)(H,29,30,31,32);1H;4*1H3;4*1H. The van der Waals surface area contributed by atoms with Gasteiger partial charge in [-0.2, -0.15) is 15.0 Å². The number of rotatable bonds is 6. The largest absolute Gasteiger partial charge is 0.507 e. The van der Waals surface area contributed by atoms with Crippen LogP contribution in [-0.2, 0) is 0 Å². The summed E-state index contributed by atoms with van der Waals surface area (Å²) in [4.78, 5) is 31.6. The molecule has 3 heterocycles. The zero-order chi connectivity index (χ0) is 24.9. The van der Waals surface area contributed by atoms with Crippen LogP contribution in [0.2, 0.25) is 0 Å². The molecule has 41 heavy (non-hydrogen) atoms. The van der Waals surface area contributed by atoms with Gasteiger partial charge in [-0.25, -0.2) is 0 Å². The minimum absolute atomic E-state index is 0. The summed E-state index contributed by atoms with van der Waals surface area (Å²) < 4.78 is 0. The number of piperidine rings is 2. The number of benzene rings is 2. The molecule has 0 aliphatic carbocycles. The van der Waals surface area contributed by atoms with Gasteiger partial charge in [-0.3, -0.25) is 4.79 Å². The zero-order valence-corrected chi connectivity index (χ0v) is 24.8. The van der Waals surface area contributed by atoms with E-state index in [0.29, 0.717) is 29.1 Å². The Morgan fingerprint density at radius 1 is 0.780 bits per heavy atom. The number of hydrogen-bond acceptors (Lipinski definition) is 12. The number of carbonyl (C=O) groups is 1. The van der Waals surface area contributed by atoms with Crippen LogP contribution < -0.4 is 45.0 Å². The fourth-order valence-corrected chi connectivity index (χ4v) is 4.72. The number of nitrogens with zero attached hydrogens (tertiary/aromatic N) is 5. The maximum Gasteiger partial charge on any atom is 0.259 e. The van der Waals surface area contributed by atoms with E-state index in [4.69, 9.17) is 15.0 Å². The maximum atomic E-state index is 12.8. The van der Waals surface area contributed by atoms with Crippen LogP contribution in [0.1, 0.15) is 60.2 Å². The number of aromatic hydroxyl groups is 1. The van der Waals surface area contributed by atoms with Gasteiger partial charge in [-0.05, 0) is 75.3 Å². The fourth-order valence-electron chi connectivity index (χ4n) is 4.72. The molecule has 0 saturated carbocycles. The Labute approximate surface area is 254 Å². The smallest absolute Gasteiger partial charge is 0.259 e. The maximum absolute atomic E-state index is 12.8. The summed E-state index contributed by atoms with van der Waals surface area (Å²) in [5.74, 6) is 1.54. The molecule has 1 aromatic heterocycles. The predicted octanol–water partition coefficient (Wildman–Crippen LogP) is 6.92. The molecule has 0 unspecified atom stereocenters. The summed E-state index contributed by atoms with van der Waals surface area (Å²) in [5, 5.41) is 16.4. The summed E-state index contributed by atoms with van der Waals surface area (Å²) >= 11 is 0. The van der Waals surface area contributed by atoms with Crippen LogP contribution in [-0.4, -0.2) is 52.1 Å². The first kappa shape index (κ1) is 37.2. The molecule has 0 atom stereocenters. The molecule has 2 aliphatic heterocycles. The molecule has 3 aromatic rings. The Balaban J connectivity index is -0.000000593. The minimum atomic E-state index is -0.367. The Bertz CT molecular complexity index is 1220. The summed E-state index contributed by atoms with van der Waals surface area (Å²) in [5.41, 5.74) is 2.25. The summed E-state index contributed by atoms with van der Waals surface area (Å²) in [7, 11) is 0. The molecule has 0 radical (unpaired) electrons. The van der Waals surface area contributed by atoms with Gasteiger partial charge in [0.25, 0.3) is 5.91 Å². The SMILES string of the molecule is Cc1cccc(C(=O)Nc2cccc(Nc3nc(N4CCCCC4)nc(N4CCCCC4)n3)c2)c1O.Cl.N.N.N.N.[HH].[HH].[HH].[HH]. The predicted molar refractivity (Wildman–Crippen MR) is 178 cm³/mol. The lowest BCUT2D eigenvalue weighted by Crippen LogP contribution is -2.34. The van der Waals surface area contributed by atoms with Crippen molar-refractivity contribution >= 4 is 47.5 Å². The minimum Gasteiger partial charge on any atom is -0.507 e. The molecular formula is C27H54ClN11O2. The van der Waals surface area contributed by atoms with Crippen LogP contribution >= 0.6 is 12.4 Å². The monoisotopic (exact) mass is 599 g/mol. The first-order valence-corrected chi connectivity index (χ1v) is 12.8. The van der Waals surface area contributed by atoms with E-state index in [1.54, 1.807) is 25.1 Å². The van der Waals surface area contributed by atoms with Crippen molar-refractivity contribution < 1.29 is 15.6 Å². The van der Waals surface area contributed by atoms with Gasteiger partial charge in [0.15, 0.2) is 0 Å². The van der Waals surface area contributed by atoms with Crippen molar-refractivity contribution in [2.24, 2.45) is 0 Å². The second-order valence-electron chi connectivity index (χ2n) is 9.49. The first-order valence-electron chi connectivity index (χ1n) is 12.8. The van der Waals surface area contributed by atoms with Crippen molar-refractivity contribution in [2.45, 2.75) is 45.4 Å². The molecule has 1 amide bonds. The Morgan fingerprint density at radius 2 is 1.29 bits per heavy atom. The third-order valence-electron chi connectivity index (χ3n) is 6.75. The van der Waals surface area contributed by atoms with E-state index in [-0.39, 0.29) is 59.9 Å². The number of amides is 1. The van der Waals surface area contributed by atoms with Crippen LogP contribution in [0.15, 0.2) is 42.5 Å². The van der Waals surface area contributed by atoms with Gasteiger partial charge in [0, 0.05) is 43.3 Å². The Hall–Kier alpha value is -3.75. The lowest BCUT2D eigenvalue weighted by molar-refractivity contribution is 0.102. The van der Waals surface area contributed by atoms with Crippen molar-refractivity contribution in [1.82, 2.24) is 39.6 Å². The molecule has 0 spiro atoms. The molecule has 2 aromatic carbocycles. The van der Waals surface area contributed by atoms with Crippen LogP contribution in [0.4, 0.5) is 29.2 Å². The van der Waals surface area contributed by atoms with E-state index in [1.165, 1.54) is 12.8 Å². The van der Waals surface area contributed by atoms with Gasteiger partial charge in [-0.15, -0.1) is 12.4 Å². The van der Waals surface area contributed by atoms with Gasteiger partial charge < -0.3 is 50.1 Å². The molecule has 14 heteroatoms. The van der Waals surface area contributed by atoms with E-state index in [9.17, 15) is 9.90 Å². The van der Waals surface area contributed by atoms with E-state index < -0.39 is 0 Å². The number of phenols is 1. The van der Waals surface area contributed by atoms with Crippen LogP contribution in [0.3, 0.4) is 0 Å². The van der Waals surface area contributed by atoms with E-state index in [0.717, 1.165) is 57.5 Å². The van der Waals surface area contributed by atoms with Gasteiger partial charge in [0.1, 0.15) is 5.75 Å². The highest BCUT2D eigenvalue weighted by atomic mass is 35.5. The topological polar surface area (TPSA) is 247 Å². The number of hydrogen-bond donors (Lipinski definition) is 7.